The van der Waals surface area contributed by atoms with Crippen LogP contribution in [0, 0.1) is 11.6 Å². The Balaban J connectivity index is 2.67. The molecule has 1 rings (SSSR count). The van der Waals surface area contributed by atoms with Gasteiger partial charge >= 0.3 is 5.97 Å². The third-order valence-electron chi connectivity index (χ3n) is 2.61. The number of carbonyl (C=O) groups excluding carboxylic acids is 1. The minimum atomic E-state index is -1.17. The molecule has 4 nitrogen and oxygen atoms in total. The number of benzene rings is 1. The molecule has 20 heavy (non-hydrogen) atoms. The van der Waals surface area contributed by atoms with E-state index in [0.717, 1.165) is 12.1 Å². The maximum atomic E-state index is 13.4. The van der Waals surface area contributed by atoms with Gasteiger partial charge in [0.05, 0.1) is 6.42 Å². The Labute approximate surface area is 115 Å². The molecule has 0 aromatic heterocycles. The van der Waals surface area contributed by atoms with E-state index in [-0.39, 0.29) is 18.4 Å². The van der Waals surface area contributed by atoms with Gasteiger partial charge in [0.1, 0.15) is 17.7 Å². The van der Waals surface area contributed by atoms with Crippen LogP contribution in [0.3, 0.4) is 0 Å². The van der Waals surface area contributed by atoms with Crippen LogP contribution in [0.15, 0.2) is 30.4 Å². The second kappa shape index (κ2) is 7.37. The lowest BCUT2D eigenvalue weighted by Crippen LogP contribution is -2.41. The van der Waals surface area contributed by atoms with Crippen LogP contribution in [0.25, 0.3) is 0 Å². The first-order chi connectivity index (χ1) is 9.43. The number of aliphatic carboxylic acids is 1. The Morgan fingerprint density at radius 3 is 2.65 bits per heavy atom. The highest BCUT2D eigenvalue weighted by Crippen LogP contribution is 2.10. The van der Waals surface area contributed by atoms with Gasteiger partial charge in [-0.2, -0.15) is 0 Å². The fourth-order valence-corrected chi connectivity index (χ4v) is 1.58. The Morgan fingerprint density at radius 1 is 1.40 bits per heavy atom. The van der Waals surface area contributed by atoms with E-state index in [0.29, 0.717) is 6.07 Å². The maximum Gasteiger partial charge on any atom is 0.326 e. The lowest BCUT2D eigenvalue weighted by atomic mass is 10.1. The highest BCUT2D eigenvalue weighted by molar-refractivity contribution is 5.84. The van der Waals surface area contributed by atoms with Crippen molar-refractivity contribution in [3.8, 4) is 0 Å². The largest absolute Gasteiger partial charge is 0.480 e. The molecule has 0 heterocycles. The van der Waals surface area contributed by atoms with Gasteiger partial charge in [-0.25, -0.2) is 13.6 Å². The normalized spacial score (nSPS) is 12.3. The van der Waals surface area contributed by atoms with Crippen LogP contribution < -0.4 is 5.32 Å². The number of amides is 1. The minimum Gasteiger partial charge on any atom is -0.480 e. The number of rotatable bonds is 6. The molecule has 1 aromatic carbocycles. The molecule has 1 unspecified atom stereocenters. The second-order valence-corrected chi connectivity index (χ2v) is 4.18. The minimum absolute atomic E-state index is 0.0130. The van der Waals surface area contributed by atoms with Gasteiger partial charge in [0, 0.05) is 6.07 Å². The number of halogens is 2. The van der Waals surface area contributed by atoms with Crippen molar-refractivity contribution in [2.24, 2.45) is 0 Å². The van der Waals surface area contributed by atoms with E-state index in [1.54, 1.807) is 19.1 Å². The van der Waals surface area contributed by atoms with E-state index in [9.17, 15) is 18.4 Å². The highest BCUT2D eigenvalue weighted by Gasteiger charge is 2.19. The fourth-order valence-electron chi connectivity index (χ4n) is 1.58. The molecule has 1 aromatic rings. The standard InChI is InChI=1S/C14H15F2NO3/c1-2-3-4-12(14(19)20)17-13(18)7-9-5-6-10(15)8-11(9)16/h2-3,5-6,8,12H,4,7H2,1H3,(H,17,18)(H,19,20)/b3-2+. The van der Waals surface area contributed by atoms with Gasteiger partial charge in [-0.15, -0.1) is 0 Å². The number of hydrogen-bond donors (Lipinski definition) is 2. The van der Waals surface area contributed by atoms with Gasteiger partial charge in [-0.3, -0.25) is 4.79 Å². The molecule has 6 heteroatoms. The summed E-state index contributed by atoms with van der Waals surface area (Å²) >= 11 is 0. The molecular formula is C14H15F2NO3. The summed E-state index contributed by atoms with van der Waals surface area (Å²) in [7, 11) is 0. The van der Waals surface area contributed by atoms with E-state index >= 15 is 0 Å². The van der Waals surface area contributed by atoms with Crippen molar-refractivity contribution in [1.82, 2.24) is 5.32 Å². The predicted octanol–water partition coefficient (Wildman–Crippen LogP) is 2.04. The summed E-state index contributed by atoms with van der Waals surface area (Å²) in [6, 6.07) is 1.81. The van der Waals surface area contributed by atoms with E-state index in [1.807, 2.05) is 0 Å². The van der Waals surface area contributed by atoms with Crippen molar-refractivity contribution >= 4 is 11.9 Å². The molecule has 0 radical (unpaired) electrons. The van der Waals surface area contributed by atoms with E-state index < -0.39 is 29.6 Å². The number of carbonyl (C=O) groups is 2. The third kappa shape index (κ3) is 4.79. The molecule has 0 saturated heterocycles. The SMILES string of the molecule is C/C=C/CC(NC(=O)Cc1ccc(F)cc1F)C(=O)O. The molecule has 2 N–H and O–H groups in total. The molecule has 0 aliphatic carbocycles. The number of carboxylic acid groups (broad SMARTS) is 1. The predicted molar refractivity (Wildman–Crippen MR) is 69.1 cm³/mol. The van der Waals surface area contributed by atoms with Gasteiger partial charge in [0.25, 0.3) is 0 Å². The number of carboxylic acids is 1. The van der Waals surface area contributed by atoms with Crippen LogP contribution in [-0.4, -0.2) is 23.0 Å². The monoisotopic (exact) mass is 283 g/mol. The van der Waals surface area contributed by atoms with Crippen molar-refractivity contribution in [3.05, 3.63) is 47.5 Å². The van der Waals surface area contributed by atoms with E-state index in [1.165, 1.54) is 0 Å². The number of allylic oxidation sites excluding steroid dienone is 1. The molecule has 1 amide bonds. The zero-order valence-corrected chi connectivity index (χ0v) is 10.9. The second-order valence-electron chi connectivity index (χ2n) is 4.18. The molecule has 0 spiro atoms. The number of hydrogen-bond acceptors (Lipinski definition) is 2. The highest BCUT2D eigenvalue weighted by atomic mass is 19.1. The lowest BCUT2D eigenvalue weighted by Gasteiger charge is -2.12. The van der Waals surface area contributed by atoms with Crippen LogP contribution >= 0.6 is 0 Å². The summed E-state index contributed by atoms with van der Waals surface area (Å²) in [5.74, 6) is -3.37. The maximum absolute atomic E-state index is 13.4. The number of nitrogens with one attached hydrogen (secondary N) is 1. The zero-order valence-electron chi connectivity index (χ0n) is 10.9. The van der Waals surface area contributed by atoms with Gasteiger partial charge in [0.2, 0.25) is 5.91 Å². The van der Waals surface area contributed by atoms with Gasteiger partial charge in [-0.1, -0.05) is 18.2 Å². The van der Waals surface area contributed by atoms with Gasteiger partial charge in [0.15, 0.2) is 0 Å². The molecule has 0 saturated carbocycles. The van der Waals surface area contributed by atoms with Crippen LogP contribution in [0.5, 0.6) is 0 Å². The van der Waals surface area contributed by atoms with Gasteiger partial charge in [-0.05, 0) is 25.0 Å². The Bertz CT molecular complexity index is 529. The van der Waals surface area contributed by atoms with Crippen molar-refractivity contribution in [2.75, 3.05) is 0 Å². The average Bonchev–Trinajstić information content (AvgIpc) is 2.37. The van der Waals surface area contributed by atoms with Crippen molar-refractivity contribution in [3.63, 3.8) is 0 Å². The van der Waals surface area contributed by atoms with Gasteiger partial charge < -0.3 is 10.4 Å². The van der Waals surface area contributed by atoms with Crippen LogP contribution in [0.1, 0.15) is 18.9 Å². The summed E-state index contributed by atoms with van der Waals surface area (Å²) in [5.41, 5.74) is 0.0130. The fraction of sp³-hybridized carbons (Fsp3) is 0.286. The summed E-state index contributed by atoms with van der Waals surface area (Å²) in [6.07, 6.45) is 3.08. The van der Waals surface area contributed by atoms with Crippen molar-refractivity contribution in [2.45, 2.75) is 25.8 Å². The molecule has 0 bridgehead atoms. The van der Waals surface area contributed by atoms with Crippen LogP contribution in [0.2, 0.25) is 0 Å². The third-order valence-corrected chi connectivity index (χ3v) is 2.61. The zero-order chi connectivity index (χ0) is 15.1. The van der Waals surface area contributed by atoms with E-state index in [2.05, 4.69) is 5.32 Å². The average molecular weight is 283 g/mol. The summed E-state index contributed by atoms with van der Waals surface area (Å²) in [6.45, 7) is 1.73. The van der Waals surface area contributed by atoms with Crippen molar-refractivity contribution < 1.29 is 23.5 Å². The Morgan fingerprint density at radius 2 is 2.10 bits per heavy atom. The Kier molecular flexibility index (Phi) is 5.83. The molecule has 0 aliphatic heterocycles. The van der Waals surface area contributed by atoms with E-state index in [4.69, 9.17) is 5.11 Å². The van der Waals surface area contributed by atoms with Crippen molar-refractivity contribution in [1.29, 1.82) is 0 Å². The molecule has 0 aliphatic rings. The Hall–Kier alpha value is -2.24. The first kappa shape index (κ1) is 15.8. The first-order valence-electron chi connectivity index (χ1n) is 6.01. The summed E-state index contributed by atoms with van der Waals surface area (Å²) in [5, 5.41) is 11.2. The molecule has 0 fully saturated rings. The smallest absolute Gasteiger partial charge is 0.326 e. The topological polar surface area (TPSA) is 66.4 Å². The molecule has 1 atom stereocenters. The summed E-state index contributed by atoms with van der Waals surface area (Å²) < 4.78 is 26.1. The van der Waals surface area contributed by atoms with Crippen LogP contribution in [-0.2, 0) is 16.0 Å². The molecule has 108 valence electrons. The first-order valence-corrected chi connectivity index (χ1v) is 6.01. The summed E-state index contributed by atoms with van der Waals surface area (Å²) in [4.78, 5) is 22.6. The lowest BCUT2D eigenvalue weighted by molar-refractivity contribution is -0.141. The quantitative estimate of drug-likeness (QED) is 0.785. The molecular weight excluding hydrogens is 268 g/mol. The van der Waals surface area contributed by atoms with Crippen LogP contribution in [0.4, 0.5) is 8.78 Å².